The number of thioether (sulfide) groups is 1. The second kappa shape index (κ2) is 4.16. The topological polar surface area (TPSA) is 43.1 Å². The summed E-state index contributed by atoms with van der Waals surface area (Å²) in [6, 6.07) is 9.75. The van der Waals surface area contributed by atoms with Crippen LogP contribution in [0.25, 0.3) is 0 Å². The maximum Gasteiger partial charge on any atom is 0.230 e. The minimum atomic E-state index is -0.274. The number of benzene rings is 1. The molecule has 0 heterocycles. The lowest BCUT2D eigenvalue weighted by Gasteiger charge is -2.05. The van der Waals surface area contributed by atoms with Crippen molar-refractivity contribution < 1.29 is 4.79 Å². The van der Waals surface area contributed by atoms with E-state index in [1.807, 2.05) is 30.3 Å². The Morgan fingerprint density at radius 2 is 2.00 bits per heavy atom. The highest BCUT2D eigenvalue weighted by Gasteiger charge is 2.08. The lowest BCUT2D eigenvalue weighted by molar-refractivity contribution is -0.117. The van der Waals surface area contributed by atoms with E-state index in [9.17, 15) is 4.79 Å². The van der Waals surface area contributed by atoms with Gasteiger partial charge >= 0.3 is 0 Å². The van der Waals surface area contributed by atoms with Crippen LogP contribution < -0.4 is 5.73 Å². The maximum atomic E-state index is 10.7. The van der Waals surface area contributed by atoms with Crippen LogP contribution in [0.2, 0.25) is 0 Å². The summed E-state index contributed by atoms with van der Waals surface area (Å²) in [6.07, 6.45) is 0. The molecule has 0 saturated carbocycles. The quantitative estimate of drug-likeness (QED) is 0.720. The molecule has 1 amide bonds. The van der Waals surface area contributed by atoms with Crippen molar-refractivity contribution in [2.75, 3.05) is 0 Å². The van der Waals surface area contributed by atoms with Crippen LogP contribution in [0.15, 0.2) is 35.2 Å². The predicted molar refractivity (Wildman–Crippen MR) is 51.0 cm³/mol. The number of rotatable bonds is 3. The molecule has 3 heteroatoms. The Bertz CT molecular complexity index is 260. The summed E-state index contributed by atoms with van der Waals surface area (Å²) >= 11 is 1.48. The number of hydrogen-bond donors (Lipinski definition) is 1. The predicted octanol–water partition coefficient (Wildman–Crippen LogP) is 1.65. The zero-order valence-corrected chi connectivity index (χ0v) is 7.67. The SMILES string of the molecule is C[C@H](Sc1ccccc1)C(N)=O. The summed E-state index contributed by atoms with van der Waals surface area (Å²) in [5.74, 6) is -0.274. The highest BCUT2D eigenvalue weighted by Crippen LogP contribution is 2.21. The molecule has 0 spiro atoms. The minimum absolute atomic E-state index is 0.160. The molecule has 0 bridgehead atoms. The van der Waals surface area contributed by atoms with Gasteiger partial charge in [0.15, 0.2) is 0 Å². The van der Waals surface area contributed by atoms with Gasteiger partial charge < -0.3 is 5.73 Å². The van der Waals surface area contributed by atoms with Gasteiger partial charge in [0, 0.05) is 4.90 Å². The van der Waals surface area contributed by atoms with Crippen molar-refractivity contribution in [2.24, 2.45) is 5.73 Å². The lowest BCUT2D eigenvalue weighted by Crippen LogP contribution is -2.22. The van der Waals surface area contributed by atoms with E-state index in [0.29, 0.717) is 0 Å². The Hall–Kier alpha value is -0.960. The molecule has 0 aliphatic rings. The number of carbonyl (C=O) groups excluding carboxylic acids is 1. The molecule has 0 aromatic heterocycles. The molecule has 0 aliphatic heterocycles. The van der Waals surface area contributed by atoms with Crippen molar-refractivity contribution in [2.45, 2.75) is 17.1 Å². The first-order valence-corrected chi connectivity index (χ1v) is 4.59. The Morgan fingerprint density at radius 3 is 2.50 bits per heavy atom. The second-order valence-electron chi connectivity index (χ2n) is 2.48. The van der Waals surface area contributed by atoms with Gasteiger partial charge in [0.2, 0.25) is 5.91 Å². The van der Waals surface area contributed by atoms with Crippen LogP contribution >= 0.6 is 11.8 Å². The third-order valence-corrected chi connectivity index (χ3v) is 2.59. The first kappa shape index (κ1) is 9.13. The largest absolute Gasteiger partial charge is 0.369 e. The summed E-state index contributed by atoms with van der Waals surface area (Å²) in [5.41, 5.74) is 5.12. The number of hydrogen-bond acceptors (Lipinski definition) is 2. The average molecular weight is 181 g/mol. The molecule has 0 saturated heterocycles. The van der Waals surface area contributed by atoms with E-state index >= 15 is 0 Å². The lowest BCUT2D eigenvalue weighted by atomic mass is 10.4. The van der Waals surface area contributed by atoms with Gasteiger partial charge in [-0.2, -0.15) is 0 Å². The van der Waals surface area contributed by atoms with E-state index in [2.05, 4.69) is 0 Å². The Morgan fingerprint density at radius 1 is 1.42 bits per heavy atom. The monoisotopic (exact) mass is 181 g/mol. The highest BCUT2D eigenvalue weighted by atomic mass is 32.2. The van der Waals surface area contributed by atoms with Crippen LogP contribution in [0.4, 0.5) is 0 Å². The average Bonchev–Trinajstić information content (AvgIpc) is 2.06. The summed E-state index contributed by atoms with van der Waals surface area (Å²) in [4.78, 5) is 11.8. The van der Waals surface area contributed by atoms with E-state index in [1.54, 1.807) is 6.92 Å². The Kier molecular flexibility index (Phi) is 3.17. The van der Waals surface area contributed by atoms with Crippen LogP contribution in [-0.2, 0) is 4.79 Å². The molecule has 1 atom stereocenters. The van der Waals surface area contributed by atoms with Gasteiger partial charge in [-0.25, -0.2) is 0 Å². The molecule has 1 aromatic rings. The molecule has 0 radical (unpaired) electrons. The minimum Gasteiger partial charge on any atom is -0.369 e. The third-order valence-electron chi connectivity index (χ3n) is 1.46. The molecule has 1 rings (SSSR count). The van der Waals surface area contributed by atoms with Gasteiger partial charge in [0.25, 0.3) is 0 Å². The fourth-order valence-electron chi connectivity index (χ4n) is 0.761. The van der Waals surface area contributed by atoms with Crippen molar-refractivity contribution in [1.82, 2.24) is 0 Å². The Labute approximate surface area is 76.2 Å². The molecule has 0 fully saturated rings. The van der Waals surface area contributed by atoms with E-state index in [-0.39, 0.29) is 11.2 Å². The van der Waals surface area contributed by atoms with Gasteiger partial charge in [0.1, 0.15) is 0 Å². The summed E-state index contributed by atoms with van der Waals surface area (Å²) in [6.45, 7) is 1.81. The standard InChI is InChI=1S/C9H11NOS/c1-7(9(10)11)12-8-5-3-2-4-6-8/h2-7H,1H3,(H2,10,11)/t7-/m0/s1. The maximum absolute atomic E-state index is 10.7. The van der Waals surface area contributed by atoms with Crippen molar-refractivity contribution in [3.05, 3.63) is 30.3 Å². The molecule has 2 N–H and O–H groups in total. The van der Waals surface area contributed by atoms with E-state index in [0.717, 1.165) is 4.90 Å². The Balaban J connectivity index is 2.58. The third kappa shape index (κ3) is 2.58. The summed E-state index contributed by atoms with van der Waals surface area (Å²) in [7, 11) is 0. The van der Waals surface area contributed by atoms with Gasteiger partial charge in [0.05, 0.1) is 5.25 Å². The summed E-state index contributed by atoms with van der Waals surface area (Å²) < 4.78 is 0. The van der Waals surface area contributed by atoms with Gasteiger partial charge in [-0.1, -0.05) is 18.2 Å². The highest BCUT2D eigenvalue weighted by molar-refractivity contribution is 8.00. The van der Waals surface area contributed by atoms with Crippen molar-refractivity contribution in [1.29, 1.82) is 0 Å². The van der Waals surface area contributed by atoms with Crippen molar-refractivity contribution in [3.63, 3.8) is 0 Å². The van der Waals surface area contributed by atoms with Crippen LogP contribution in [0, 0.1) is 0 Å². The molecule has 64 valence electrons. The number of carbonyl (C=O) groups is 1. The molecule has 0 aliphatic carbocycles. The molecule has 1 aromatic carbocycles. The fraction of sp³-hybridized carbons (Fsp3) is 0.222. The number of amides is 1. The van der Waals surface area contributed by atoms with E-state index in [1.165, 1.54) is 11.8 Å². The van der Waals surface area contributed by atoms with Crippen LogP contribution in [0.3, 0.4) is 0 Å². The van der Waals surface area contributed by atoms with Crippen LogP contribution in [-0.4, -0.2) is 11.2 Å². The zero-order chi connectivity index (χ0) is 8.97. The van der Waals surface area contributed by atoms with Gasteiger partial charge in [-0.15, -0.1) is 11.8 Å². The molecule has 0 unspecified atom stereocenters. The first-order chi connectivity index (χ1) is 5.70. The molecular formula is C9H11NOS. The normalized spacial score (nSPS) is 12.4. The first-order valence-electron chi connectivity index (χ1n) is 3.71. The zero-order valence-electron chi connectivity index (χ0n) is 6.86. The van der Waals surface area contributed by atoms with E-state index < -0.39 is 0 Å². The summed E-state index contributed by atoms with van der Waals surface area (Å²) in [5, 5.41) is -0.160. The molecule has 12 heavy (non-hydrogen) atoms. The number of primary amides is 1. The van der Waals surface area contributed by atoms with Crippen molar-refractivity contribution >= 4 is 17.7 Å². The smallest absolute Gasteiger partial charge is 0.230 e. The van der Waals surface area contributed by atoms with Gasteiger partial charge in [-0.05, 0) is 19.1 Å². The van der Waals surface area contributed by atoms with Crippen LogP contribution in [0.5, 0.6) is 0 Å². The van der Waals surface area contributed by atoms with E-state index in [4.69, 9.17) is 5.73 Å². The molecule has 2 nitrogen and oxygen atoms in total. The second-order valence-corrected chi connectivity index (χ2v) is 3.89. The van der Waals surface area contributed by atoms with Gasteiger partial charge in [-0.3, -0.25) is 4.79 Å². The molecular weight excluding hydrogens is 170 g/mol. The fourth-order valence-corrected chi connectivity index (χ4v) is 1.60. The number of nitrogens with two attached hydrogens (primary N) is 1. The van der Waals surface area contributed by atoms with Crippen LogP contribution in [0.1, 0.15) is 6.92 Å². The van der Waals surface area contributed by atoms with Crippen molar-refractivity contribution in [3.8, 4) is 0 Å².